The Morgan fingerprint density at radius 2 is 1.61 bits per heavy atom. The fourth-order valence-corrected chi connectivity index (χ4v) is 1.54. The summed E-state index contributed by atoms with van der Waals surface area (Å²) < 4.78 is 15.5. The molecule has 5 heteroatoms. The van der Waals surface area contributed by atoms with Crippen LogP contribution >= 0.6 is 0 Å². The number of carboxylic acids is 1. The van der Waals surface area contributed by atoms with Crippen LogP contribution < -0.4 is 14.2 Å². The number of carboxylic acid groups (broad SMARTS) is 1. The minimum atomic E-state index is -1.04. The second kappa shape index (κ2) is 5.95. The lowest BCUT2D eigenvalue weighted by Crippen LogP contribution is -2.04. The van der Waals surface area contributed by atoms with E-state index in [2.05, 4.69) is 6.58 Å². The van der Waals surface area contributed by atoms with Crippen molar-refractivity contribution in [1.29, 1.82) is 0 Å². The Morgan fingerprint density at radius 3 is 2.06 bits per heavy atom. The summed E-state index contributed by atoms with van der Waals surface area (Å²) >= 11 is 0. The van der Waals surface area contributed by atoms with Crippen LogP contribution in [0.5, 0.6) is 17.2 Å². The van der Waals surface area contributed by atoms with Gasteiger partial charge >= 0.3 is 5.97 Å². The standard InChI is InChI=1S/C13H16O5/c1-8(13(14)15)5-9-6-11(17-3)12(18-4)7-10(9)16-2/h6-7H,1,5H2,2-4H3,(H,14,15). The third kappa shape index (κ3) is 2.94. The lowest BCUT2D eigenvalue weighted by atomic mass is 10.0. The van der Waals surface area contributed by atoms with Crippen molar-refractivity contribution >= 4 is 5.97 Å². The Kier molecular flexibility index (Phi) is 4.59. The normalized spacial score (nSPS) is 9.72. The quantitative estimate of drug-likeness (QED) is 0.783. The van der Waals surface area contributed by atoms with E-state index in [4.69, 9.17) is 19.3 Å². The zero-order chi connectivity index (χ0) is 13.7. The average Bonchev–Trinajstić information content (AvgIpc) is 2.37. The van der Waals surface area contributed by atoms with Crippen molar-refractivity contribution in [2.75, 3.05) is 21.3 Å². The molecule has 18 heavy (non-hydrogen) atoms. The largest absolute Gasteiger partial charge is 0.496 e. The van der Waals surface area contributed by atoms with Crippen molar-refractivity contribution in [3.8, 4) is 17.2 Å². The third-order valence-corrected chi connectivity index (χ3v) is 2.49. The molecular formula is C13H16O5. The first-order chi connectivity index (χ1) is 8.53. The Hall–Kier alpha value is -2.17. The number of hydrogen-bond donors (Lipinski definition) is 1. The highest BCUT2D eigenvalue weighted by molar-refractivity contribution is 5.86. The summed E-state index contributed by atoms with van der Waals surface area (Å²) in [6.07, 6.45) is 0.179. The lowest BCUT2D eigenvalue weighted by Gasteiger charge is -2.14. The highest BCUT2D eigenvalue weighted by Gasteiger charge is 2.14. The number of hydrogen-bond acceptors (Lipinski definition) is 4. The van der Waals surface area contributed by atoms with E-state index < -0.39 is 5.97 Å². The van der Waals surface area contributed by atoms with Gasteiger partial charge in [0, 0.05) is 23.6 Å². The number of ether oxygens (including phenoxy) is 3. The Bertz CT molecular complexity index is 465. The summed E-state index contributed by atoms with van der Waals surface area (Å²) in [7, 11) is 4.54. The van der Waals surface area contributed by atoms with E-state index in [9.17, 15) is 4.79 Å². The number of methoxy groups -OCH3 is 3. The topological polar surface area (TPSA) is 65.0 Å². The maximum atomic E-state index is 10.8. The zero-order valence-corrected chi connectivity index (χ0v) is 10.6. The third-order valence-electron chi connectivity index (χ3n) is 2.49. The minimum Gasteiger partial charge on any atom is -0.496 e. The van der Waals surface area contributed by atoms with E-state index in [1.54, 1.807) is 12.1 Å². The van der Waals surface area contributed by atoms with Crippen LogP contribution in [0, 0.1) is 0 Å². The zero-order valence-electron chi connectivity index (χ0n) is 10.6. The van der Waals surface area contributed by atoms with E-state index in [-0.39, 0.29) is 12.0 Å². The summed E-state index contributed by atoms with van der Waals surface area (Å²) in [4.78, 5) is 10.8. The van der Waals surface area contributed by atoms with Crippen molar-refractivity contribution in [1.82, 2.24) is 0 Å². The van der Waals surface area contributed by atoms with E-state index in [0.29, 0.717) is 22.8 Å². The van der Waals surface area contributed by atoms with Gasteiger partial charge in [-0.1, -0.05) is 6.58 Å². The van der Waals surface area contributed by atoms with Crippen LogP contribution in [0.2, 0.25) is 0 Å². The summed E-state index contributed by atoms with van der Waals surface area (Å²) in [5, 5.41) is 8.84. The maximum Gasteiger partial charge on any atom is 0.331 e. The fourth-order valence-electron chi connectivity index (χ4n) is 1.54. The van der Waals surface area contributed by atoms with Gasteiger partial charge in [0.2, 0.25) is 0 Å². The molecule has 0 unspecified atom stereocenters. The summed E-state index contributed by atoms with van der Waals surface area (Å²) in [6, 6.07) is 3.34. The van der Waals surface area contributed by atoms with E-state index >= 15 is 0 Å². The van der Waals surface area contributed by atoms with Gasteiger partial charge in [0.15, 0.2) is 11.5 Å². The van der Waals surface area contributed by atoms with Crippen LogP contribution in [0.15, 0.2) is 24.3 Å². The van der Waals surface area contributed by atoms with Crippen molar-refractivity contribution in [2.45, 2.75) is 6.42 Å². The molecular weight excluding hydrogens is 236 g/mol. The van der Waals surface area contributed by atoms with Crippen LogP contribution in [0.25, 0.3) is 0 Å². The van der Waals surface area contributed by atoms with Gasteiger partial charge in [-0.15, -0.1) is 0 Å². The first kappa shape index (κ1) is 13.9. The molecule has 0 saturated carbocycles. The Labute approximate surface area is 106 Å². The smallest absolute Gasteiger partial charge is 0.331 e. The molecule has 1 aromatic rings. The molecule has 0 radical (unpaired) electrons. The predicted molar refractivity (Wildman–Crippen MR) is 66.6 cm³/mol. The van der Waals surface area contributed by atoms with Crippen LogP contribution in [0.4, 0.5) is 0 Å². The van der Waals surface area contributed by atoms with Gasteiger partial charge in [-0.25, -0.2) is 4.79 Å². The molecule has 0 amide bonds. The lowest BCUT2D eigenvalue weighted by molar-refractivity contribution is -0.132. The number of rotatable bonds is 6. The summed E-state index contributed by atoms with van der Waals surface area (Å²) in [6.45, 7) is 3.50. The molecule has 0 aliphatic heterocycles. The molecule has 0 spiro atoms. The van der Waals surface area contributed by atoms with Crippen molar-refractivity contribution < 1.29 is 24.1 Å². The van der Waals surface area contributed by atoms with Crippen molar-refractivity contribution in [2.24, 2.45) is 0 Å². The molecule has 0 bridgehead atoms. The van der Waals surface area contributed by atoms with Crippen molar-refractivity contribution in [3.63, 3.8) is 0 Å². The molecule has 0 saturated heterocycles. The molecule has 0 aliphatic carbocycles. The van der Waals surface area contributed by atoms with Gasteiger partial charge in [0.1, 0.15) is 5.75 Å². The van der Waals surface area contributed by atoms with Crippen LogP contribution in [0.1, 0.15) is 5.56 Å². The Balaban J connectivity index is 3.17. The summed E-state index contributed by atoms with van der Waals surface area (Å²) in [5.41, 5.74) is 0.767. The monoisotopic (exact) mass is 252 g/mol. The maximum absolute atomic E-state index is 10.8. The highest BCUT2D eigenvalue weighted by atomic mass is 16.5. The van der Waals surface area contributed by atoms with E-state index in [0.717, 1.165) is 0 Å². The second-order valence-electron chi connectivity index (χ2n) is 3.60. The van der Waals surface area contributed by atoms with E-state index in [1.165, 1.54) is 21.3 Å². The molecule has 0 aromatic heterocycles. The van der Waals surface area contributed by atoms with Gasteiger partial charge in [-0.3, -0.25) is 0 Å². The minimum absolute atomic E-state index is 0.0838. The van der Waals surface area contributed by atoms with Crippen LogP contribution in [-0.2, 0) is 11.2 Å². The molecule has 98 valence electrons. The van der Waals surface area contributed by atoms with Gasteiger partial charge in [-0.05, 0) is 6.07 Å². The van der Waals surface area contributed by atoms with Crippen LogP contribution in [-0.4, -0.2) is 32.4 Å². The first-order valence-corrected chi connectivity index (χ1v) is 5.23. The van der Waals surface area contributed by atoms with Gasteiger partial charge < -0.3 is 19.3 Å². The molecule has 0 aliphatic rings. The van der Waals surface area contributed by atoms with E-state index in [1.807, 2.05) is 0 Å². The van der Waals surface area contributed by atoms with Gasteiger partial charge in [-0.2, -0.15) is 0 Å². The fraction of sp³-hybridized carbons (Fsp3) is 0.308. The first-order valence-electron chi connectivity index (χ1n) is 5.23. The number of carbonyl (C=O) groups is 1. The highest BCUT2D eigenvalue weighted by Crippen LogP contribution is 2.35. The molecule has 1 rings (SSSR count). The SMILES string of the molecule is C=C(Cc1cc(OC)c(OC)cc1OC)C(=O)O. The molecule has 0 fully saturated rings. The average molecular weight is 252 g/mol. The molecule has 1 aromatic carbocycles. The van der Waals surface area contributed by atoms with Gasteiger partial charge in [0.05, 0.1) is 21.3 Å². The molecule has 1 N–H and O–H groups in total. The second-order valence-corrected chi connectivity index (χ2v) is 3.60. The predicted octanol–water partition coefficient (Wildman–Crippen LogP) is 1.90. The van der Waals surface area contributed by atoms with Gasteiger partial charge in [0.25, 0.3) is 0 Å². The molecule has 0 atom stereocenters. The summed E-state index contributed by atoms with van der Waals surface area (Å²) in [5.74, 6) is 0.549. The molecule has 0 heterocycles. The number of benzene rings is 1. The Morgan fingerprint density at radius 1 is 1.11 bits per heavy atom. The molecule has 5 nitrogen and oxygen atoms in total. The van der Waals surface area contributed by atoms with Crippen LogP contribution in [0.3, 0.4) is 0 Å². The van der Waals surface area contributed by atoms with Crippen molar-refractivity contribution in [3.05, 3.63) is 29.8 Å². The number of aliphatic carboxylic acids is 1.